The second-order valence-electron chi connectivity index (χ2n) is 21.3. The zero-order chi connectivity index (χ0) is 55.6. The quantitative estimate of drug-likeness (QED) is 0.0866. The summed E-state index contributed by atoms with van der Waals surface area (Å²) in [4.78, 5) is 87.3. The number of para-hydroxylation sites is 3. The summed E-state index contributed by atoms with van der Waals surface area (Å²) in [7, 11) is -11.4. The lowest BCUT2D eigenvalue weighted by Gasteiger charge is -2.30. The van der Waals surface area contributed by atoms with Gasteiger partial charge in [-0.2, -0.15) is 0 Å². The minimum Gasteiger partial charge on any atom is -0.439 e. The highest BCUT2D eigenvalue weighted by Crippen LogP contribution is 2.57. The number of rotatable bonds is 16. The monoisotopic (exact) mass is 1120 g/mol. The van der Waals surface area contributed by atoms with Crippen LogP contribution in [0.1, 0.15) is 34.1 Å². The van der Waals surface area contributed by atoms with Crippen molar-refractivity contribution in [2.24, 2.45) is 11.3 Å². The molecule has 6 aromatic carbocycles. The van der Waals surface area contributed by atoms with E-state index in [1.165, 1.54) is 0 Å². The molecule has 5 heterocycles. The predicted molar refractivity (Wildman–Crippen MR) is 306 cm³/mol. The molecule has 0 saturated heterocycles. The molecule has 0 radical (unpaired) electrons. The summed E-state index contributed by atoms with van der Waals surface area (Å²) in [6.45, 7) is 5.17. The van der Waals surface area contributed by atoms with Gasteiger partial charge in [0.1, 0.15) is 17.2 Å². The summed E-state index contributed by atoms with van der Waals surface area (Å²) in [6.07, 6.45) is -0.892. The van der Waals surface area contributed by atoms with E-state index in [1.807, 2.05) is 86.6 Å². The van der Waals surface area contributed by atoms with E-state index in [4.69, 9.17) is 13.6 Å². The average Bonchev–Trinajstić information content (AvgIpc) is 3.61. The molecule has 3 atom stereocenters. The van der Waals surface area contributed by atoms with Crippen molar-refractivity contribution >= 4 is 38.0 Å². The van der Waals surface area contributed by atoms with Crippen LogP contribution < -0.4 is 63.6 Å². The average molecular weight is 1120 g/mol. The van der Waals surface area contributed by atoms with Gasteiger partial charge in [-0.15, -0.1) is 0 Å². The molecular formula is C58H57N6O12P3. The number of fused-ring (bicyclic) bond motifs is 9. The lowest BCUT2D eigenvalue weighted by Crippen LogP contribution is -2.57. The van der Waals surface area contributed by atoms with E-state index in [0.29, 0.717) is 49.9 Å². The molecule has 21 heteroatoms. The smallest absolute Gasteiger partial charge is 0.336 e. The maximum Gasteiger partial charge on any atom is 0.336 e. The minimum absolute atomic E-state index is 0.0166. The van der Waals surface area contributed by atoms with Crippen LogP contribution in [0.3, 0.4) is 0 Å². The number of hydrogen-bond donors (Lipinski definition) is 0. The van der Waals surface area contributed by atoms with E-state index >= 15 is 9.13 Å². The zero-order valence-corrected chi connectivity index (χ0v) is 46.6. The fraction of sp³-hybridized carbons (Fsp3) is 0.276. The number of hydrogen-bond acceptors (Lipinski definition) is 12. The van der Waals surface area contributed by atoms with Gasteiger partial charge in [-0.05, 0) is 70.8 Å². The third-order valence-electron chi connectivity index (χ3n) is 14.9. The molecule has 0 fully saturated rings. The Kier molecular flexibility index (Phi) is 13.8. The molecule has 8 aromatic rings. The first-order chi connectivity index (χ1) is 37.8. The molecule has 3 aliphatic heterocycles. The van der Waals surface area contributed by atoms with Crippen molar-refractivity contribution < 1.29 is 27.3 Å². The van der Waals surface area contributed by atoms with Gasteiger partial charge in [0.15, 0.2) is 0 Å². The van der Waals surface area contributed by atoms with Crippen LogP contribution >= 0.6 is 22.1 Å². The van der Waals surface area contributed by atoms with Gasteiger partial charge in [-0.25, -0.2) is 56.2 Å². The van der Waals surface area contributed by atoms with Crippen molar-refractivity contribution in [2.75, 3.05) is 18.5 Å². The van der Waals surface area contributed by atoms with Crippen LogP contribution in [0.5, 0.6) is 17.2 Å². The van der Waals surface area contributed by atoms with Crippen molar-refractivity contribution in [3.05, 3.63) is 208 Å². The van der Waals surface area contributed by atoms with Gasteiger partial charge in [0.25, 0.3) is 22.1 Å². The maximum absolute atomic E-state index is 15.0. The van der Waals surface area contributed by atoms with Gasteiger partial charge in [0.05, 0.1) is 34.4 Å². The minimum atomic E-state index is -3.83. The molecule has 0 bridgehead atoms. The molecule has 18 nitrogen and oxygen atoms in total. The van der Waals surface area contributed by atoms with Crippen LogP contribution in [0.4, 0.5) is 0 Å². The first-order valence-electron chi connectivity index (χ1n) is 26.1. The van der Waals surface area contributed by atoms with E-state index in [0.717, 1.165) is 44.1 Å². The van der Waals surface area contributed by atoms with E-state index < -0.39 is 74.7 Å². The Hall–Kier alpha value is -7.77. The van der Waals surface area contributed by atoms with E-state index in [1.54, 1.807) is 86.6 Å². The maximum atomic E-state index is 15.0. The molecular weight excluding hydrogens is 1070 g/mol. The summed E-state index contributed by atoms with van der Waals surface area (Å²) in [5.74, 6) is 0.949. The topological polar surface area (TPSA) is 211 Å². The second kappa shape index (κ2) is 20.5. The molecule has 11 rings (SSSR count). The van der Waals surface area contributed by atoms with E-state index in [-0.39, 0.29) is 57.0 Å². The Morgan fingerprint density at radius 1 is 0.380 bits per heavy atom. The fourth-order valence-corrected chi connectivity index (χ4v) is 17.6. The number of benzene rings is 6. The van der Waals surface area contributed by atoms with Crippen molar-refractivity contribution in [2.45, 2.75) is 73.4 Å². The van der Waals surface area contributed by atoms with Crippen LogP contribution in [0.25, 0.3) is 33.4 Å². The van der Waals surface area contributed by atoms with Gasteiger partial charge in [0, 0.05) is 56.0 Å². The van der Waals surface area contributed by atoms with E-state index in [9.17, 15) is 33.3 Å². The van der Waals surface area contributed by atoms with E-state index in [2.05, 4.69) is 0 Å². The highest BCUT2D eigenvalue weighted by Gasteiger charge is 2.40. The van der Waals surface area contributed by atoms with Crippen LogP contribution in [0.2, 0.25) is 0 Å². The van der Waals surface area contributed by atoms with Gasteiger partial charge >= 0.3 is 34.1 Å². The summed E-state index contributed by atoms with van der Waals surface area (Å²) in [5, 5.41) is 1.26. The summed E-state index contributed by atoms with van der Waals surface area (Å²) in [6, 6.07) is 42.7. The summed E-state index contributed by atoms with van der Waals surface area (Å²) in [5.41, 5.74) is -2.52. The lowest BCUT2D eigenvalue weighted by atomic mass is 9.89. The van der Waals surface area contributed by atoms with Crippen LogP contribution in [0.15, 0.2) is 174 Å². The molecule has 3 unspecified atom stereocenters. The fourth-order valence-electron chi connectivity index (χ4n) is 10.8. The Morgan fingerprint density at radius 3 is 1.00 bits per heavy atom. The Labute approximate surface area is 453 Å². The van der Waals surface area contributed by atoms with Crippen molar-refractivity contribution in [1.29, 1.82) is 0 Å². The lowest BCUT2D eigenvalue weighted by molar-refractivity contribution is 0.241. The third kappa shape index (κ3) is 9.63. The summed E-state index contributed by atoms with van der Waals surface area (Å²) < 4.78 is 69.0. The summed E-state index contributed by atoms with van der Waals surface area (Å²) >= 11 is 0. The SMILES string of the molecule is CC(C)Cn1c(=O)n(CCC(C)(C)Cn2c(=O)n(CCP3(=O)Oc4ccccc4-c4ccccc43)c(=O)n(CCP3(=O)Oc4ccccc4-c4ccccc43)c2=O)c(=O)n(CCP2(=O)Oc3ccccc3-c3ccccc32)c1=O. The van der Waals surface area contributed by atoms with Crippen LogP contribution in [0, 0.1) is 11.3 Å². The van der Waals surface area contributed by atoms with Gasteiger partial charge in [0.2, 0.25) is 0 Å². The molecule has 0 saturated carbocycles. The molecule has 0 spiro atoms. The number of nitrogens with zero attached hydrogens (tertiary/aromatic N) is 6. The standard InChI is InChI=1S/C58H57N6O12P3/c1-39(2)37-63-54(67)59(52(65)60(55(63)68)31-34-77(71)49-26-14-8-20-43(49)40-17-5-11-23-46(40)74-77)30-29-58(3,4)38-64-56(69)61(32-35-78(72)50-27-15-9-21-44(50)41-18-6-12-24-47(41)75-78)53(66)62(57(64)70)33-36-79(73)51-28-16-10-22-45(51)42-19-7-13-25-48(42)76-79/h5-28,39H,29-38H2,1-4H3. The normalized spacial score (nSPS) is 18.6. The molecule has 79 heavy (non-hydrogen) atoms. The van der Waals surface area contributed by atoms with Gasteiger partial charge < -0.3 is 13.6 Å². The molecule has 0 N–H and O–H groups in total. The highest BCUT2D eigenvalue weighted by molar-refractivity contribution is 7.68. The first kappa shape index (κ1) is 53.2. The van der Waals surface area contributed by atoms with Crippen LogP contribution in [-0.4, -0.2) is 45.9 Å². The molecule has 3 aliphatic rings. The zero-order valence-electron chi connectivity index (χ0n) is 43.9. The molecule has 0 aliphatic carbocycles. The number of aromatic nitrogens is 6. The van der Waals surface area contributed by atoms with Gasteiger partial charge in [-0.1, -0.05) is 137 Å². The third-order valence-corrected chi connectivity index (χ3v) is 22.1. The Balaban J connectivity index is 0.929. The van der Waals surface area contributed by atoms with Gasteiger partial charge in [-0.3, -0.25) is 13.7 Å². The second-order valence-corrected chi connectivity index (χ2v) is 28.7. The van der Waals surface area contributed by atoms with Crippen molar-refractivity contribution in [1.82, 2.24) is 27.4 Å². The molecule has 0 amide bonds. The van der Waals surface area contributed by atoms with Crippen LogP contribution in [-0.2, 0) is 53.0 Å². The Morgan fingerprint density at radius 2 is 0.658 bits per heavy atom. The van der Waals surface area contributed by atoms with Crippen molar-refractivity contribution in [3.8, 4) is 50.6 Å². The highest BCUT2D eigenvalue weighted by atomic mass is 31.2. The van der Waals surface area contributed by atoms with Crippen molar-refractivity contribution in [3.63, 3.8) is 0 Å². The predicted octanol–water partition coefficient (Wildman–Crippen LogP) is 7.42. The molecule has 406 valence electrons. The first-order valence-corrected chi connectivity index (χ1v) is 31.5. The molecule has 2 aromatic heterocycles. The largest absolute Gasteiger partial charge is 0.439 e. The Bertz CT molecular complexity index is 4170.